The quantitative estimate of drug-likeness (QED) is 0.720. The molecule has 0 aliphatic carbocycles. The Morgan fingerprint density at radius 2 is 1.41 bits per heavy atom. The van der Waals surface area contributed by atoms with Crippen LogP contribution in [0.15, 0.2) is 60.7 Å². The van der Waals surface area contributed by atoms with Crippen LogP contribution in [0.25, 0.3) is 0 Å². The minimum Gasteiger partial charge on any atom is -0.0622 e. The van der Waals surface area contributed by atoms with E-state index >= 15 is 0 Å². The summed E-state index contributed by atoms with van der Waals surface area (Å²) in [6, 6.07) is 21.2. The molecule has 0 amide bonds. The Bertz CT molecular complexity index is 440. The molecule has 0 fully saturated rings. The second-order valence-electron chi connectivity index (χ2n) is 4.91. The van der Waals surface area contributed by atoms with Crippen molar-refractivity contribution < 1.29 is 0 Å². The Kier molecular flexibility index (Phi) is 3.63. The molecular weight excluding hydrogens is 204 g/mol. The molecule has 0 heteroatoms. The van der Waals surface area contributed by atoms with Gasteiger partial charge in [-0.15, -0.1) is 0 Å². The molecule has 0 saturated carbocycles. The number of rotatable bonds is 4. The molecule has 2 aromatic carbocycles. The van der Waals surface area contributed by atoms with Gasteiger partial charge in [0.2, 0.25) is 0 Å². The topological polar surface area (TPSA) is 0 Å². The molecule has 0 aliphatic rings. The van der Waals surface area contributed by atoms with Gasteiger partial charge in [-0.2, -0.15) is 0 Å². The summed E-state index contributed by atoms with van der Waals surface area (Å²) in [6.07, 6.45) is 2.15. The Hall–Kier alpha value is -1.56. The van der Waals surface area contributed by atoms with Crippen molar-refractivity contribution in [3.63, 3.8) is 0 Å². The number of aryl methyl sites for hydroxylation is 1. The maximum atomic E-state index is 4.36. The van der Waals surface area contributed by atoms with Crippen LogP contribution in [-0.2, 0) is 11.8 Å². The predicted octanol–water partition coefficient (Wildman–Crippen LogP) is 4.41. The Balaban J connectivity index is 2.03. The molecule has 0 bridgehead atoms. The normalized spacial score (nSPS) is 11.4. The molecular formula is C17H19. The van der Waals surface area contributed by atoms with Gasteiger partial charge < -0.3 is 0 Å². The molecule has 1 atom stereocenters. The highest BCUT2D eigenvalue weighted by Gasteiger charge is 2.19. The summed E-state index contributed by atoms with van der Waals surface area (Å²) in [6.45, 7) is 6.57. The van der Waals surface area contributed by atoms with E-state index in [1.165, 1.54) is 11.1 Å². The minimum absolute atomic E-state index is 0.00288. The zero-order valence-electron chi connectivity index (χ0n) is 10.4. The average molecular weight is 223 g/mol. The van der Waals surface area contributed by atoms with E-state index in [2.05, 4.69) is 74.5 Å². The standard InChI is InChI=1S/C17H19/c1-17(2,16-11-7-4-8-12-16)14-13-15-9-5-3-6-10-15/h3-12H,1,13-14H2,2H3/t17-/m0/s1. The van der Waals surface area contributed by atoms with Gasteiger partial charge in [-0.3, -0.25) is 0 Å². The van der Waals surface area contributed by atoms with Crippen LogP contribution >= 0.6 is 0 Å². The van der Waals surface area contributed by atoms with Crippen LogP contribution in [0.2, 0.25) is 0 Å². The number of hydrogen-bond acceptors (Lipinski definition) is 0. The fourth-order valence-corrected chi connectivity index (χ4v) is 2.05. The number of hydrogen-bond donors (Lipinski definition) is 0. The van der Waals surface area contributed by atoms with Gasteiger partial charge in [-0.1, -0.05) is 67.6 Å². The lowest BCUT2D eigenvalue weighted by Crippen LogP contribution is -2.18. The monoisotopic (exact) mass is 223 g/mol. The highest BCUT2D eigenvalue weighted by molar-refractivity contribution is 5.26. The lowest BCUT2D eigenvalue weighted by atomic mass is 9.80. The van der Waals surface area contributed by atoms with Crippen molar-refractivity contribution in [2.45, 2.75) is 25.2 Å². The van der Waals surface area contributed by atoms with Crippen molar-refractivity contribution in [1.82, 2.24) is 0 Å². The lowest BCUT2D eigenvalue weighted by molar-refractivity contribution is 0.535. The average Bonchev–Trinajstić information content (AvgIpc) is 2.39. The van der Waals surface area contributed by atoms with Crippen molar-refractivity contribution in [3.8, 4) is 0 Å². The molecule has 2 rings (SSSR count). The van der Waals surface area contributed by atoms with E-state index in [9.17, 15) is 0 Å². The smallest absolute Gasteiger partial charge is 0.00718 e. The van der Waals surface area contributed by atoms with Crippen LogP contribution in [0.1, 0.15) is 24.5 Å². The molecule has 17 heavy (non-hydrogen) atoms. The van der Waals surface area contributed by atoms with Gasteiger partial charge in [-0.25, -0.2) is 0 Å². The first-order chi connectivity index (χ1) is 8.18. The molecule has 0 saturated heterocycles. The van der Waals surface area contributed by atoms with Crippen LogP contribution in [0.4, 0.5) is 0 Å². The van der Waals surface area contributed by atoms with Gasteiger partial charge in [0.05, 0.1) is 0 Å². The van der Waals surface area contributed by atoms with Crippen LogP contribution < -0.4 is 0 Å². The molecule has 0 unspecified atom stereocenters. The number of benzene rings is 2. The van der Waals surface area contributed by atoms with Crippen molar-refractivity contribution in [2.24, 2.45) is 0 Å². The zero-order valence-corrected chi connectivity index (χ0v) is 10.4. The van der Waals surface area contributed by atoms with Crippen molar-refractivity contribution in [2.75, 3.05) is 0 Å². The third-order valence-electron chi connectivity index (χ3n) is 3.28. The van der Waals surface area contributed by atoms with E-state index in [-0.39, 0.29) is 5.41 Å². The van der Waals surface area contributed by atoms with E-state index in [1.54, 1.807) is 0 Å². The molecule has 2 aromatic rings. The van der Waals surface area contributed by atoms with Crippen LogP contribution in [0, 0.1) is 6.92 Å². The predicted molar refractivity (Wildman–Crippen MR) is 73.9 cm³/mol. The maximum Gasteiger partial charge on any atom is -0.00718 e. The third kappa shape index (κ3) is 3.20. The molecule has 0 spiro atoms. The molecule has 0 aliphatic heterocycles. The van der Waals surface area contributed by atoms with E-state index in [0.29, 0.717) is 0 Å². The van der Waals surface area contributed by atoms with E-state index < -0.39 is 0 Å². The Morgan fingerprint density at radius 1 is 0.882 bits per heavy atom. The second kappa shape index (κ2) is 5.18. The maximum absolute atomic E-state index is 4.36. The van der Waals surface area contributed by atoms with Gasteiger partial charge in [0, 0.05) is 0 Å². The minimum atomic E-state index is -0.00288. The molecule has 0 heterocycles. The molecule has 87 valence electrons. The molecule has 0 N–H and O–H groups in total. The van der Waals surface area contributed by atoms with Crippen LogP contribution in [0.3, 0.4) is 0 Å². The summed E-state index contributed by atoms with van der Waals surface area (Å²) < 4.78 is 0. The third-order valence-corrected chi connectivity index (χ3v) is 3.28. The first-order valence-electron chi connectivity index (χ1n) is 6.13. The summed E-state index contributed by atoms with van der Waals surface area (Å²) in [7, 11) is 0. The largest absolute Gasteiger partial charge is 0.0622 e. The zero-order chi connectivity index (χ0) is 12.1. The Morgan fingerprint density at radius 3 is 2.00 bits per heavy atom. The lowest BCUT2D eigenvalue weighted by Gasteiger charge is -2.25. The SMILES string of the molecule is [CH2][C@](C)(CCc1ccccc1)c1ccccc1. The first-order valence-corrected chi connectivity index (χ1v) is 6.13. The van der Waals surface area contributed by atoms with Gasteiger partial charge in [0.1, 0.15) is 0 Å². The van der Waals surface area contributed by atoms with Gasteiger partial charge >= 0.3 is 0 Å². The van der Waals surface area contributed by atoms with Crippen molar-refractivity contribution in [1.29, 1.82) is 0 Å². The summed E-state index contributed by atoms with van der Waals surface area (Å²) in [5.74, 6) is 0. The summed E-state index contributed by atoms with van der Waals surface area (Å²) in [5, 5.41) is 0. The summed E-state index contributed by atoms with van der Waals surface area (Å²) in [4.78, 5) is 0. The van der Waals surface area contributed by atoms with Crippen molar-refractivity contribution in [3.05, 3.63) is 78.7 Å². The molecule has 1 radical (unpaired) electrons. The highest BCUT2D eigenvalue weighted by atomic mass is 14.2. The first kappa shape index (κ1) is 11.9. The van der Waals surface area contributed by atoms with Gasteiger partial charge in [0.25, 0.3) is 0 Å². The van der Waals surface area contributed by atoms with E-state index in [4.69, 9.17) is 0 Å². The van der Waals surface area contributed by atoms with Gasteiger partial charge in [0.15, 0.2) is 0 Å². The van der Waals surface area contributed by atoms with Crippen LogP contribution in [0.5, 0.6) is 0 Å². The fraction of sp³-hybridized carbons (Fsp3) is 0.235. The second-order valence-corrected chi connectivity index (χ2v) is 4.91. The summed E-state index contributed by atoms with van der Waals surface area (Å²) in [5.41, 5.74) is 2.70. The summed E-state index contributed by atoms with van der Waals surface area (Å²) >= 11 is 0. The van der Waals surface area contributed by atoms with E-state index in [0.717, 1.165) is 12.8 Å². The van der Waals surface area contributed by atoms with Crippen LogP contribution in [-0.4, -0.2) is 0 Å². The highest BCUT2D eigenvalue weighted by Crippen LogP contribution is 2.27. The fourth-order valence-electron chi connectivity index (χ4n) is 2.05. The van der Waals surface area contributed by atoms with Gasteiger partial charge in [-0.05, 0) is 36.3 Å². The van der Waals surface area contributed by atoms with E-state index in [1.807, 2.05) is 0 Å². The Labute approximate surface area is 104 Å². The van der Waals surface area contributed by atoms with Crippen molar-refractivity contribution >= 4 is 0 Å². The molecule has 0 nitrogen and oxygen atoms in total. The molecule has 0 aromatic heterocycles.